The maximum atomic E-state index is 12.2. The number of hydrogen-bond donors (Lipinski definition) is 1. The van der Waals surface area contributed by atoms with Crippen molar-refractivity contribution in [3.63, 3.8) is 0 Å². The Balaban J connectivity index is 2.83. The van der Waals surface area contributed by atoms with Gasteiger partial charge in [-0.15, -0.1) is 0 Å². The van der Waals surface area contributed by atoms with Crippen LogP contribution in [0.5, 0.6) is 5.75 Å². The van der Waals surface area contributed by atoms with Gasteiger partial charge in [0.25, 0.3) is 5.56 Å². The second-order valence-corrected chi connectivity index (χ2v) is 4.51. The van der Waals surface area contributed by atoms with Gasteiger partial charge in [-0.1, -0.05) is 13.0 Å². The highest BCUT2D eigenvalue weighted by molar-refractivity contribution is 5.99. The number of aromatic hydroxyl groups is 1. The number of nitrogens with zero attached hydrogens (tertiary/aromatic N) is 1. The molecular weight excluding hydrogens is 258 g/mol. The molecule has 0 aliphatic rings. The van der Waals surface area contributed by atoms with E-state index in [0.29, 0.717) is 10.9 Å². The molecule has 0 unspecified atom stereocenters. The fourth-order valence-electron chi connectivity index (χ4n) is 2.19. The van der Waals surface area contributed by atoms with E-state index in [-0.39, 0.29) is 17.9 Å². The van der Waals surface area contributed by atoms with Gasteiger partial charge in [-0.3, -0.25) is 4.79 Å². The van der Waals surface area contributed by atoms with E-state index in [0.717, 1.165) is 12.0 Å². The molecule has 1 aromatic carbocycles. The largest absolute Gasteiger partial charge is 0.506 e. The number of ether oxygens (including phenoxy) is 1. The van der Waals surface area contributed by atoms with E-state index in [4.69, 9.17) is 4.74 Å². The fraction of sp³-hybridized carbons (Fsp3) is 0.333. The van der Waals surface area contributed by atoms with Crippen LogP contribution in [0.2, 0.25) is 0 Å². The smallest absolute Gasteiger partial charge is 0.347 e. The molecule has 0 atom stereocenters. The summed E-state index contributed by atoms with van der Waals surface area (Å²) in [5.41, 5.74) is 0.729. The highest BCUT2D eigenvalue weighted by Crippen LogP contribution is 2.27. The van der Waals surface area contributed by atoms with Crippen LogP contribution in [0.25, 0.3) is 10.9 Å². The normalized spacial score (nSPS) is 10.8. The molecule has 0 radical (unpaired) electrons. The minimum atomic E-state index is -0.797. The molecule has 20 heavy (non-hydrogen) atoms. The first kappa shape index (κ1) is 14.1. The average molecular weight is 275 g/mol. The Morgan fingerprint density at radius 3 is 2.65 bits per heavy atom. The van der Waals surface area contributed by atoms with Gasteiger partial charge in [0.15, 0.2) is 5.56 Å². The second-order valence-electron chi connectivity index (χ2n) is 4.51. The number of pyridine rings is 1. The first-order valence-electron chi connectivity index (χ1n) is 6.52. The molecule has 0 saturated carbocycles. The highest BCUT2D eigenvalue weighted by Gasteiger charge is 2.22. The number of benzene rings is 1. The van der Waals surface area contributed by atoms with Crippen LogP contribution in [-0.4, -0.2) is 22.2 Å². The molecule has 0 bridgehead atoms. The van der Waals surface area contributed by atoms with E-state index in [9.17, 15) is 14.7 Å². The molecule has 0 aliphatic heterocycles. The van der Waals surface area contributed by atoms with Gasteiger partial charge in [-0.2, -0.15) is 0 Å². The van der Waals surface area contributed by atoms with Gasteiger partial charge in [0.2, 0.25) is 0 Å². The third-order valence-electron chi connectivity index (χ3n) is 3.32. The van der Waals surface area contributed by atoms with Crippen LogP contribution in [0.15, 0.2) is 23.0 Å². The minimum Gasteiger partial charge on any atom is -0.506 e. The van der Waals surface area contributed by atoms with E-state index in [1.807, 2.05) is 13.0 Å². The minimum absolute atomic E-state index is 0.147. The van der Waals surface area contributed by atoms with Crippen LogP contribution in [0.4, 0.5) is 0 Å². The van der Waals surface area contributed by atoms with Crippen LogP contribution >= 0.6 is 0 Å². The van der Waals surface area contributed by atoms with Crippen molar-refractivity contribution in [2.75, 3.05) is 6.61 Å². The van der Waals surface area contributed by atoms with Crippen LogP contribution < -0.4 is 5.56 Å². The number of carbonyl (C=O) groups is 1. The molecule has 5 heteroatoms. The molecule has 1 aromatic heterocycles. The third kappa shape index (κ3) is 2.15. The molecular formula is C15H17NO4. The molecule has 0 saturated heterocycles. The lowest BCUT2D eigenvalue weighted by Crippen LogP contribution is -2.26. The van der Waals surface area contributed by atoms with Gasteiger partial charge < -0.3 is 14.4 Å². The number of hydrogen-bond acceptors (Lipinski definition) is 4. The Hall–Kier alpha value is -2.30. The van der Waals surface area contributed by atoms with Crippen molar-refractivity contribution < 1.29 is 14.6 Å². The van der Waals surface area contributed by atoms with Crippen LogP contribution in [0, 0.1) is 0 Å². The first-order chi connectivity index (χ1) is 9.51. The summed E-state index contributed by atoms with van der Waals surface area (Å²) in [5.74, 6) is -1.11. The number of aryl methyl sites for hydroxylation is 2. The maximum Gasteiger partial charge on any atom is 0.347 e. The van der Waals surface area contributed by atoms with Crippen molar-refractivity contribution >= 4 is 16.9 Å². The SMILES string of the molecule is CCOC(=O)c1c(O)c2cc(CC)ccc2n(C)c1=O. The summed E-state index contributed by atoms with van der Waals surface area (Å²) in [6.07, 6.45) is 0.799. The predicted molar refractivity (Wildman–Crippen MR) is 76.2 cm³/mol. The van der Waals surface area contributed by atoms with E-state index in [1.54, 1.807) is 26.1 Å². The highest BCUT2D eigenvalue weighted by atomic mass is 16.5. The van der Waals surface area contributed by atoms with Crippen molar-refractivity contribution in [3.8, 4) is 5.75 Å². The zero-order valence-corrected chi connectivity index (χ0v) is 11.8. The Labute approximate surface area is 116 Å². The summed E-state index contributed by atoms with van der Waals surface area (Å²) in [4.78, 5) is 24.0. The number of carbonyl (C=O) groups excluding carboxylic acids is 1. The Kier molecular flexibility index (Phi) is 3.79. The standard InChI is InChI=1S/C15H17NO4/c1-4-9-6-7-11-10(8-9)13(17)12(14(18)16(11)3)15(19)20-5-2/h6-8,17H,4-5H2,1-3H3. The monoisotopic (exact) mass is 275 g/mol. The number of aromatic nitrogens is 1. The molecule has 2 aromatic rings. The Bertz CT molecular complexity index is 731. The predicted octanol–water partition coefficient (Wildman–Crippen LogP) is 1.98. The van der Waals surface area contributed by atoms with Crippen molar-refractivity contribution in [3.05, 3.63) is 39.7 Å². The van der Waals surface area contributed by atoms with Gasteiger partial charge in [0.05, 0.1) is 12.1 Å². The third-order valence-corrected chi connectivity index (χ3v) is 3.32. The quantitative estimate of drug-likeness (QED) is 0.870. The fourth-order valence-corrected chi connectivity index (χ4v) is 2.19. The average Bonchev–Trinajstić information content (AvgIpc) is 2.45. The Morgan fingerprint density at radius 2 is 2.05 bits per heavy atom. The van der Waals surface area contributed by atoms with E-state index < -0.39 is 11.5 Å². The van der Waals surface area contributed by atoms with Crippen molar-refractivity contribution in [1.82, 2.24) is 4.57 Å². The lowest BCUT2D eigenvalue weighted by Gasteiger charge is -2.12. The molecule has 0 amide bonds. The summed E-state index contributed by atoms with van der Waals surface area (Å²) < 4.78 is 6.19. The summed E-state index contributed by atoms with van der Waals surface area (Å²) in [6.45, 7) is 3.79. The molecule has 1 heterocycles. The molecule has 0 aliphatic carbocycles. The molecule has 2 rings (SSSR count). The van der Waals surface area contributed by atoms with Crippen LogP contribution in [-0.2, 0) is 18.2 Å². The lowest BCUT2D eigenvalue weighted by atomic mass is 10.1. The zero-order valence-electron chi connectivity index (χ0n) is 11.8. The molecule has 1 N–H and O–H groups in total. The summed E-state index contributed by atoms with van der Waals surface area (Å²) in [7, 11) is 1.57. The van der Waals surface area contributed by atoms with E-state index >= 15 is 0 Å². The first-order valence-corrected chi connectivity index (χ1v) is 6.52. The topological polar surface area (TPSA) is 68.5 Å². The van der Waals surface area contributed by atoms with Gasteiger partial charge in [0.1, 0.15) is 5.75 Å². The van der Waals surface area contributed by atoms with Crippen LogP contribution in [0.3, 0.4) is 0 Å². The summed E-state index contributed by atoms with van der Waals surface area (Å²) >= 11 is 0. The Morgan fingerprint density at radius 1 is 1.35 bits per heavy atom. The second kappa shape index (κ2) is 5.36. The van der Waals surface area contributed by atoms with Crippen molar-refractivity contribution in [2.45, 2.75) is 20.3 Å². The van der Waals surface area contributed by atoms with Gasteiger partial charge >= 0.3 is 5.97 Å². The molecule has 0 spiro atoms. The molecule has 106 valence electrons. The van der Waals surface area contributed by atoms with E-state index in [2.05, 4.69) is 0 Å². The maximum absolute atomic E-state index is 12.2. The van der Waals surface area contributed by atoms with Crippen LogP contribution in [0.1, 0.15) is 29.8 Å². The van der Waals surface area contributed by atoms with E-state index in [1.165, 1.54) is 4.57 Å². The molecule has 0 fully saturated rings. The van der Waals surface area contributed by atoms with Gasteiger partial charge in [-0.05, 0) is 31.0 Å². The van der Waals surface area contributed by atoms with Crippen molar-refractivity contribution in [2.24, 2.45) is 7.05 Å². The number of fused-ring (bicyclic) bond motifs is 1. The summed E-state index contributed by atoms with van der Waals surface area (Å²) in [5, 5.41) is 10.7. The summed E-state index contributed by atoms with van der Waals surface area (Å²) in [6, 6.07) is 5.45. The lowest BCUT2D eigenvalue weighted by molar-refractivity contribution is 0.0520. The molecule has 5 nitrogen and oxygen atoms in total. The zero-order chi connectivity index (χ0) is 14.9. The van der Waals surface area contributed by atoms with Crippen molar-refractivity contribution in [1.29, 1.82) is 0 Å². The van der Waals surface area contributed by atoms with Gasteiger partial charge in [-0.25, -0.2) is 4.79 Å². The number of rotatable bonds is 3. The number of esters is 1. The van der Waals surface area contributed by atoms with Gasteiger partial charge in [0, 0.05) is 12.4 Å².